The summed E-state index contributed by atoms with van der Waals surface area (Å²) >= 11 is 12.6. The topological polar surface area (TPSA) is 54.5 Å². The van der Waals surface area contributed by atoms with E-state index in [4.69, 9.17) is 32.7 Å². The molecule has 0 spiro atoms. The van der Waals surface area contributed by atoms with Crippen molar-refractivity contribution in [1.82, 2.24) is 14.7 Å². The first-order valence-electron chi connectivity index (χ1n) is 11.5. The number of anilines is 1. The summed E-state index contributed by atoms with van der Waals surface area (Å²) in [6.45, 7) is 5.14. The Hall–Kier alpha value is -2.80. The van der Waals surface area contributed by atoms with Crippen molar-refractivity contribution in [3.8, 4) is 0 Å². The highest BCUT2D eigenvalue weighted by Gasteiger charge is 2.20. The van der Waals surface area contributed by atoms with E-state index < -0.39 is 0 Å². The molecule has 0 atom stereocenters. The van der Waals surface area contributed by atoms with Crippen molar-refractivity contribution in [1.29, 1.82) is 0 Å². The van der Waals surface area contributed by atoms with Gasteiger partial charge in [0.15, 0.2) is 0 Å². The maximum absolute atomic E-state index is 13.1. The third kappa shape index (κ3) is 4.85. The van der Waals surface area contributed by atoms with Crippen LogP contribution in [0.25, 0.3) is 10.8 Å². The number of rotatable bonds is 7. The van der Waals surface area contributed by atoms with E-state index in [1.54, 1.807) is 10.9 Å². The monoisotopic (exact) mass is 496 g/mol. The Morgan fingerprint density at radius 1 is 0.882 bits per heavy atom. The van der Waals surface area contributed by atoms with Crippen LogP contribution in [0.5, 0.6) is 0 Å². The van der Waals surface area contributed by atoms with Crippen molar-refractivity contribution in [3.63, 3.8) is 0 Å². The van der Waals surface area contributed by atoms with E-state index in [9.17, 15) is 4.79 Å². The molecular formula is C26H26Cl2N4O2. The molecule has 3 heterocycles. The Labute approximate surface area is 208 Å². The van der Waals surface area contributed by atoms with Gasteiger partial charge in [-0.1, -0.05) is 47.5 Å². The van der Waals surface area contributed by atoms with Crippen LogP contribution >= 0.6 is 23.2 Å². The molecule has 5 rings (SSSR count). The number of furan rings is 1. The predicted molar refractivity (Wildman–Crippen MR) is 137 cm³/mol. The average molecular weight is 497 g/mol. The van der Waals surface area contributed by atoms with Crippen molar-refractivity contribution >= 4 is 39.7 Å². The van der Waals surface area contributed by atoms with Crippen molar-refractivity contribution in [2.45, 2.75) is 19.4 Å². The molecule has 0 N–H and O–H groups in total. The summed E-state index contributed by atoms with van der Waals surface area (Å²) in [7, 11) is 0. The summed E-state index contributed by atoms with van der Waals surface area (Å²) < 4.78 is 7.13. The molecule has 34 heavy (non-hydrogen) atoms. The highest BCUT2D eigenvalue weighted by atomic mass is 35.5. The predicted octanol–water partition coefficient (Wildman–Crippen LogP) is 5.10. The number of hydrogen-bond acceptors (Lipinski definition) is 5. The van der Waals surface area contributed by atoms with Crippen molar-refractivity contribution in [3.05, 3.63) is 92.7 Å². The molecule has 2 aromatic carbocycles. The molecule has 1 saturated heterocycles. The smallest absolute Gasteiger partial charge is 0.274 e. The second-order valence-electron chi connectivity index (χ2n) is 8.53. The van der Waals surface area contributed by atoms with Crippen LogP contribution in [0, 0.1) is 0 Å². The fourth-order valence-corrected chi connectivity index (χ4v) is 4.97. The van der Waals surface area contributed by atoms with E-state index in [2.05, 4.69) is 9.80 Å². The summed E-state index contributed by atoms with van der Waals surface area (Å²) in [5, 5.41) is 7.50. The molecular weight excluding hydrogens is 471 g/mol. The van der Waals surface area contributed by atoms with Gasteiger partial charge in [-0.25, -0.2) is 4.68 Å². The van der Waals surface area contributed by atoms with Gasteiger partial charge >= 0.3 is 0 Å². The third-order valence-corrected chi connectivity index (χ3v) is 7.16. The van der Waals surface area contributed by atoms with E-state index in [1.165, 1.54) is 0 Å². The van der Waals surface area contributed by atoms with E-state index >= 15 is 0 Å². The molecule has 0 saturated carbocycles. The van der Waals surface area contributed by atoms with Crippen LogP contribution in [0.15, 0.2) is 70.1 Å². The van der Waals surface area contributed by atoms with Crippen molar-refractivity contribution in [2.75, 3.05) is 37.6 Å². The minimum atomic E-state index is -0.0424. The van der Waals surface area contributed by atoms with Gasteiger partial charge in [0.2, 0.25) is 0 Å². The average Bonchev–Trinajstić information content (AvgIpc) is 3.37. The number of hydrogen-bond donors (Lipinski definition) is 0. The van der Waals surface area contributed by atoms with Crippen LogP contribution in [0.1, 0.15) is 17.9 Å². The number of nitrogens with zero attached hydrogens (tertiary/aromatic N) is 4. The molecule has 0 bridgehead atoms. The first-order chi connectivity index (χ1) is 16.6. The Morgan fingerprint density at radius 2 is 1.68 bits per heavy atom. The zero-order valence-electron chi connectivity index (χ0n) is 18.8. The summed E-state index contributed by atoms with van der Waals surface area (Å²) in [4.78, 5) is 17.8. The van der Waals surface area contributed by atoms with Crippen molar-refractivity contribution < 1.29 is 4.42 Å². The molecule has 1 fully saturated rings. The number of halogens is 2. The Balaban J connectivity index is 1.23. The first kappa shape index (κ1) is 23.0. The largest absolute Gasteiger partial charge is 0.469 e. The maximum atomic E-state index is 13.1. The summed E-state index contributed by atoms with van der Waals surface area (Å²) in [6.07, 6.45) is 3.07. The minimum absolute atomic E-state index is 0.0424. The standard InChI is InChI=1S/C26H26Cl2N4O2/c27-22-9-3-10-24(25(22)28)31-15-13-30(14-16-31)11-5-12-32-26(33)21-8-2-1-7-20(21)23(29-32)18-19-6-4-17-34-19/h1-4,6-10,17H,5,11-16,18H2. The van der Waals surface area contributed by atoms with Gasteiger partial charge in [-0.3, -0.25) is 9.69 Å². The lowest BCUT2D eigenvalue weighted by Crippen LogP contribution is -2.47. The van der Waals surface area contributed by atoms with Crippen LogP contribution in [-0.4, -0.2) is 47.4 Å². The highest BCUT2D eigenvalue weighted by molar-refractivity contribution is 6.43. The Kier molecular flexibility index (Phi) is 6.90. The zero-order valence-corrected chi connectivity index (χ0v) is 20.3. The summed E-state index contributed by atoms with van der Waals surface area (Å²) in [6, 6.07) is 17.2. The normalized spacial score (nSPS) is 14.7. The molecule has 1 aliphatic rings. The minimum Gasteiger partial charge on any atom is -0.469 e. The lowest BCUT2D eigenvalue weighted by Gasteiger charge is -2.36. The number of aromatic nitrogens is 2. The van der Waals surface area contributed by atoms with Crippen LogP contribution in [0.3, 0.4) is 0 Å². The van der Waals surface area contributed by atoms with Gasteiger partial charge in [0, 0.05) is 44.7 Å². The van der Waals surface area contributed by atoms with E-state index in [1.807, 2.05) is 54.6 Å². The molecule has 2 aromatic heterocycles. The second kappa shape index (κ2) is 10.2. The molecule has 6 nitrogen and oxygen atoms in total. The maximum Gasteiger partial charge on any atom is 0.274 e. The Morgan fingerprint density at radius 3 is 2.44 bits per heavy atom. The van der Waals surface area contributed by atoms with Gasteiger partial charge in [-0.15, -0.1) is 0 Å². The van der Waals surface area contributed by atoms with Crippen LogP contribution in [-0.2, 0) is 13.0 Å². The summed E-state index contributed by atoms with van der Waals surface area (Å²) in [5.74, 6) is 0.834. The highest BCUT2D eigenvalue weighted by Crippen LogP contribution is 2.32. The SMILES string of the molecule is O=c1c2ccccc2c(Cc2ccco2)nn1CCCN1CCN(c2cccc(Cl)c2Cl)CC1. The van der Waals surface area contributed by atoms with Crippen LogP contribution < -0.4 is 10.5 Å². The first-order valence-corrected chi connectivity index (χ1v) is 12.3. The van der Waals surface area contributed by atoms with E-state index in [0.29, 0.717) is 28.4 Å². The number of benzene rings is 2. The third-order valence-electron chi connectivity index (χ3n) is 6.35. The van der Waals surface area contributed by atoms with Crippen molar-refractivity contribution in [2.24, 2.45) is 0 Å². The molecule has 0 aliphatic carbocycles. The quantitative estimate of drug-likeness (QED) is 0.356. The molecule has 4 aromatic rings. The number of aryl methyl sites for hydroxylation is 1. The van der Waals surface area contributed by atoms with Gasteiger partial charge in [0.25, 0.3) is 5.56 Å². The Bertz CT molecular complexity index is 1330. The molecule has 176 valence electrons. The van der Waals surface area contributed by atoms with E-state index in [0.717, 1.165) is 61.7 Å². The number of fused-ring (bicyclic) bond motifs is 1. The van der Waals surface area contributed by atoms with Gasteiger partial charge in [0.05, 0.1) is 39.5 Å². The van der Waals surface area contributed by atoms with Crippen LogP contribution in [0.2, 0.25) is 10.0 Å². The van der Waals surface area contributed by atoms with Crippen LogP contribution in [0.4, 0.5) is 5.69 Å². The fourth-order valence-electron chi connectivity index (χ4n) is 4.56. The summed E-state index contributed by atoms with van der Waals surface area (Å²) in [5.41, 5.74) is 1.81. The fraction of sp³-hybridized carbons (Fsp3) is 0.308. The van der Waals surface area contributed by atoms with Gasteiger partial charge in [-0.05, 0) is 36.8 Å². The molecule has 0 unspecified atom stereocenters. The zero-order chi connectivity index (χ0) is 23.5. The molecule has 0 amide bonds. The van der Waals surface area contributed by atoms with Gasteiger partial charge in [-0.2, -0.15) is 5.10 Å². The second-order valence-corrected chi connectivity index (χ2v) is 9.32. The number of piperazine rings is 1. The lowest BCUT2D eigenvalue weighted by atomic mass is 10.1. The molecule has 8 heteroatoms. The molecule has 0 radical (unpaired) electrons. The molecule has 1 aliphatic heterocycles. The van der Waals surface area contributed by atoms with E-state index in [-0.39, 0.29) is 5.56 Å². The lowest BCUT2D eigenvalue weighted by molar-refractivity contribution is 0.248. The van der Waals surface area contributed by atoms with Gasteiger partial charge < -0.3 is 9.32 Å². The van der Waals surface area contributed by atoms with Gasteiger partial charge in [0.1, 0.15) is 5.76 Å².